The highest BCUT2D eigenvalue weighted by Crippen LogP contribution is 1.84. The zero-order valence-electron chi connectivity index (χ0n) is 5.20. The molecule has 3 heteroatoms. The molecule has 1 heterocycles. The van der Waals surface area contributed by atoms with Gasteiger partial charge in [-0.3, -0.25) is 16.0 Å². The standard InChI is InChI=1S/C5H13N3/c1-2-5-7-3-6-4-8-5/h5-8H,2-4H2,1H3. The minimum atomic E-state index is 0.524. The highest BCUT2D eigenvalue weighted by molar-refractivity contribution is 4.64. The molecule has 0 radical (unpaired) electrons. The Hall–Kier alpha value is -0.120. The van der Waals surface area contributed by atoms with Gasteiger partial charge in [-0.1, -0.05) is 6.92 Å². The van der Waals surface area contributed by atoms with E-state index in [1.54, 1.807) is 0 Å². The molecule has 0 atom stereocenters. The van der Waals surface area contributed by atoms with E-state index >= 15 is 0 Å². The molecule has 1 fully saturated rings. The number of nitrogens with one attached hydrogen (secondary N) is 3. The summed E-state index contributed by atoms with van der Waals surface area (Å²) in [5.74, 6) is 0. The van der Waals surface area contributed by atoms with E-state index in [0.717, 1.165) is 19.8 Å². The molecule has 1 saturated heterocycles. The molecular formula is C5H13N3. The van der Waals surface area contributed by atoms with Gasteiger partial charge in [-0.2, -0.15) is 0 Å². The van der Waals surface area contributed by atoms with Gasteiger partial charge in [-0.05, 0) is 6.42 Å². The Morgan fingerprint density at radius 1 is 1.38 bits per heavy atom. The summed E-state index contributed by atoms with van der Waals surface area (Å²) in [7, 11) is 0. The lowest BCUT2D eigenvalue weighted by Gasteiger charge is -2.24. The average molecular weight is 115 g/mol. The highest BCUT2D eigenvalue weighted by atomic mass is 15.3. The van der Waals surface area contributed by atoms with Crippen LogP contribution in [0.15, 0.2) is 0 Å². The third-order valence-electron chi connectivity index (χ3n) is 1.36. The third kappa shape index (κ3) is 1.43. The van der Waals surface area contributed by atoms with Crippen LogP contribution in [-0.4, -0.2) is 19.5 Å². The largest absolute Gasteiger partial charge is 0.292 e. The van der Waals surface area contributed by atoms with Gasteiger partial charge in [-0.25, -0.2) is 0 Å². The Morgan fingerprint density at radius 2 is 2.00 bits per heavy atom. The van der Waals surface area contributed by atoms with E-state index in [4.69, 9.17) is 0 Å². The van der Waals surface area contributed by atoms with Crippen molar-refractivity contribution in [3.05, 3.63) is 0 Å². The fourth-order valence-electron chi connectivity index (χ4n) is 0.814. The molecule has 1 rings (SSSR count). The van der Waals surface area contributed by atoms with Crippen LogP contribution in [0.5, 0.6) is 0 Å². The second-order valence-corrected chi connectivity index (χ2v) is 1.97. The van der Waals surface area contributed by atoms with Crippen LogP contribution in [-0.2, 0) is 0 Å². The lowest BCUT2D eigenvalue weighted by atomic mass is 10.3. The molecular weight excluding hydrogens is 102 g/mol. The summed E-state index contributed by atoms with van der Waals surface area (Å²) in [6, 6.07) is 0. The van der Waals surface area contributed by atoms with Crippen LogP contribution in [0.3, 0.4) is 0 Å². The lowest BCUT2D eigenvalue weighted by molar-refractivity contribution is 0.329. The van der Waals surface area contributed by atoms with Crippen LogP contribution < -0.4 is 16.0 Å². The van der Waals surface area contributed by atoms with Crippen molar-refractivity contribution in [2.45, 2.75) is 19.5 Å². The Kier molecular flexibility index (Phi) is 2.27. The van der Waals surface area contributed by atoms with E-state index in [2.05, 4.69) is 22.9 Å². The molecule has 8 heavy (non-hydrogen) atoms. The van der Waals surface area contributed by atoms with Crippen molar-refractivity contribution in [3.63, 3.8) is 0 Å². The van der Waals surface area contributed by atoms with Crippen LogP contribution in [0.2, 0.25) is 0 Å². The summed E-state index contributed by atoms with van der Waals surface area (Å²) in [6.45, 7) is 4.03. The van der Waals surface area contributed by atoms with Gasteiger partial charge >= 0.3 is 0 Å². The van der Waals surface area contributed by atoms with Gasteiger partial charge in [0.15, 0.2) is 0 Å². The van der Waals surface area contributed by atoms with Crippen molar-refractivity contribution in [2.75, 3.05) is 13.3 Å². The molecule has 48 valence electrons. The first-order valence-corrected chi connectivity index (χ1v) is 3.11. The summed E-state index contributed by atoms with van der Waals surface area (Å²) >= 11 is 0. The van der Waals surface area contributed by atoms with Gasteiger partial charge < -0.3 is 0 Å². The van der Waals surface area contributed by atoms with Gasteiger partial charge in [0.1, 0.15) is 0 Å². The van der Waals surface area contributed by atoms with Crippen LogP contribution in [0.25, 0.3) is 0 Å². The minimum absolute atomic E-state index is 0.524. The van der Waals surface area contributed by atoms with E-state index in [9.17, 15) is 0 Å². The second kappa shape index (κ2) is 3.02. The molecule has 0 bridgehead atoms. The summed E-state index contributed by atoms with van der Waals surface area (Å²) in [4.78, 5) is 0. The average Bonchev–Trinajstić information content (AvgIpc) is 1.90. The molecule has 0 unspecified atom stereocenters. The monoisotopic (exact) mass is 115 g/mol. The molecule has 1 aliphatic rings. The van der Waals surface area contributed by atoms with Crippen LogP contribution in [0.1, 0.15) is 13.3 Å². The minimum Gasteiger partial charge on any atom is -0.292 e. The molecule has 0 aliphatic carbocycles. The molecule has 3 nitrogen and oxygen atoms in total. The highest BCUT2D eigenvalue weighted by Gasteiger charge is 2.05. The molecule has 3 N–H and O–H groups in total. The maximum absolute atomic E-state index is 3.25. The quantitative estimate of drug-likeness (QED) is 0.428. The first-order chi connectivity index (χ1) is 3.93. The van der Waals surface area contributed by atoms with Crippen molar-refractivity contribution in [1.82, 2.24) is 16.0 Å². The maximum atomic E-state index is 3.25. The number of hydrogen-bond acceptors (Lipinski definition) is 3. The SMILES string of the molecule is CCC1NCNCN1. The zero-order chi connectivity index (χ0) is 5.82. The predicted molar refractivity (Wildman–Crippen MR) is 33.2 cm³/mol. The van der Waals surface area contributed by atoms with Crippen molar-refractivity contribution in [2.24, 2.45) is 0 Å². The van der Waals surface area contributed by atoms with E-state index < -0.39 is 0 Å². The van der Waals surface area contributed by atoms with Crippen LogP contribution in [0, 0.1) is 0 Å². The Balaban J connectivity index is 2.13. The zero-order valence-corrected chi connectivity index (χ0v) is 5.20. The normalized spacial score (nSPS) is 23.6. The molecule has 0 amide bonds. The van der Waals surface area contributed by atoms with Crippen molar-refractivity contribution >= 4 is 0 Å². The third-order valence-corrected chi connectivity index (χ3v) is 1.36. The Morgan fingerprint density at radius 3 is 2.38 bits per heavy atom. The van der Waals surface area contributed by atoms with E-state index in [0.29, 0.717) is 6.17 Å². The Bertz CT molecular complexity index is 58.7. The van der Waals surface area contributed by atoms with E-state index in [1.807, 2.05) is 0 Å². The predicted octanol–water partition coefficient (Wildman–Crippen LogP) is -0.580. The first-order valence-electron chi connectivity index (χ1n) is 3.11. The van der Waals surface area contributed by atoms with Crippen LogP contribution in [0.4, 0.5) is 0 Å². The van der Waals surface area contributed by atoms with Gasteiger partial charge in [-0.15, -0.1) is 0 Å². The lowest BCUT2D eigenvalue weighted by Crippen LogP contribution is -2.55. The Labute approximate surface area is 49.8 Å². The number of hydrogen-bond donors (Lipinski definition) is 3. The van der Waals surface area contributed by atoms with E-state index in [1.165, 1.54) is 0 Å². The smallest absolute Gasteiger partial charge is 0.0588 e. The summed E-state index contributed by atoms with van der Waals surface area (Å²) in [5.41, 5.74) is 0. The van der Waals surface area contributed by atoms with E-state index in [-0.39, 0.29) is 0 Å². The van der Waals surface area contributed by atoms with Crippen LogP contribution >= 0.6 is 0 Å². The molecule has 0 aromatic heterocycles. The fourth-order valence-corrected chi connectivity index (χ4v) is 0.814. The number of rotatable bonds is 1. The summed E-state index contributed by atoms with van der Waals surface area (Å²) in [5, 5.41) is 9.62. The molecule has 0 aromatic rings. The molecule has 0 spiro atoms. The van der Waals surface area contributed by atoms with Gasteiger partial charge in [0.2, 0.25) is 0 Å². The topological polar surface area (TPSA) is 36.1 Å². The maximum Gasteiger partial charge on any atom is 0.0588 e. The van der Waals surface area contributed by atoms with Crippen molar-refractivity contribution < 1.29 is 0 Å². The summed E-state index contributed by atoms with van der Waals surface area (Å²) in [6.07, 6.45) is 1.68. The van der Waals surface area contributed by atoms with Crippen molar-refractivity contribution in [3.8, 4) is 0 Å². The second-order valence-electron chi connectivity index (χ2n) is 1.97. The summed E-state index contributed by atoms with van der Waals surface area (Å²) < 4.78 is 0. The molecule has 0 saturated carbocycles. The van der Waals surface area contributed by atoms with Crippen molar-refractivity contribution in [1.29, 1.82) is 0 Å². The molecule has 0 aromatic carbocycles. The van der Waals surface area contributed by atoms with Gasteiger partial charge in [0, 0.05) is 13.3 Å². The van der Waals surface area contributed by atoms with Gasteiger partial charge in [0.05, 0.1) is 6.17 Å². The van der Waals surface area contributed by atoms with Gasteiger partial charge in [0.25, 0.3) is 0 Å². The molecule has 1 aliphatic heterocycles. The first kappa shape index (κ1) is 6.01. The fraction of sp³-hybridized carbons (Fsp3) is 1.00.